The third kappa shape index (κ3) is 2.73. The Morgan fingerprint density at radius 3 is 3.08 bits per heavy atom. The average Bonchev–Trinajstić information content (AvgIpc) is 2.15. The molecule has 3 heteroatoms. The molecular weight excluding hydrogens is 154 g/mol. The molecule has 0 bridgehead atoms. The molecule has 0 aliphatic carbocycles. The van der Waals surface area contributed by atoms with E-state index in [4.69, 9.17) is 9.47 Å². The molecule has 0 aromatic rings. The van der Waals surface area contributed by atoms with Gasteiger partial charge < -0.3 is 14.8 Å². The Balaban J connectivity index is 2.26. The van der Waals surface area contributed by atoms with E-state index in [1.54, 1.807) is 0 Å². The van der Waals surface area contributed by atoms with Gasteiger partial charge >= 0.3 is 0 Å². The minimum Gasteiger partial charge on any atom is -0.379 e. The zero-order valence-electron chi connectivity index (χ0n) is 8.01. The standard InChI is InChI=1S/C9H19NO2/c1-3-5-12-9-7-11-6-4-8(9)10-2/h8-10H,3-7H2,1-2H3. The van der Waals surface area contributed by atoms with E-state index < -0.39 is 0 Å². The largest absolute Gasteiger partial charge is 0.379 e. The molecule has 1 heterocycles. The SMILES string of the molecule is CCCOC1COCCC1NC. The van der Waals surface area contributed by atoms with Crippen LogP contribution in [0, 0.1) is 0 Å². The van der Waals surface area contributed by atoms with Gasteiger partial charge in [-0.2, -0.15) is 0 Å². The van der Waals surface area contributed by atoms with Gasteiger partial charge in [0, 0.05) is 19.3 Å². The molecule has 1 rings (SSSR count). The van der Waals surface area contributed by atoms with Gasteiger partial charge in [0.1, 0.15) is 0 Å². The summed E-state index contributed by atoms with van der Waals surface area (Å²) in [6.45, 7) is 4.56. The second-order valence-corrected chi connectivity index (χ2v) is 3.17. The van der Waals surface area contributed by atoms with Gasteiger partial charge in [0.25, 0.3) is 0 Å². The van der Waals surface area contributed by atoms with Gasteiger partial charge in [0.2, 0.25) is 0 Å². The zero-order chi connectivity index (χ0) is 8.81. The molecule has 3 nitrogen and oxygen atoms in total. The van der Waals surface area contributed by atoms with Crippen LogP contribution in [0.3, 0.4) is 0 Å². The molecule has 0 amide bonds. The average molecular weight is 173 g/mol. The summed E-state index contributed by atoms with van der Waals surface area (Å²) < 4.78 is 11.0. The molecule has 0 radical (unpaired) electrons. The molecule has 0 saturated carbocycles. The smallest absolute Gasteiger partial charge is 0.0961 e. The van der Waals surface area contributed by atoms with Crippen molar-refractivity contribution in [3.63, 3.8) is 0 Å². The van der Waals surface area contributed by atoms with E-state index in [9.17, 15) is 0 Å². The van der Waals surface area contributed by atoms with Crippen LogP contribution in [0.2, 0.25) is 0 Å². The van der Waals surface area contributed by atoms with E-state index in [2.05, 4.69) is 12.2 Å². The number of hydrogen-bond donors (Lipinski definition) is 1. The van der Waals surface area contributed by atoms with E-state index >= 15 is 0 Å². The number of nitrogens with one attached hydrogen (secondary N) is 1. The Labute approximate surface area is 74.4 Å². The van der Waals surface area contributed by atoms with Gasteiger partial charge in [0.15, 0.2) is 0 Å². The lowest BCUT2D eigenvalue weighted by molar-refractivity contribution is -0.0671. The van der Waals surface area contributed by atoms with E-state index in [1.807, 2.05) is 7.05 Å². The highest BCUT2D eigenvalue weighted by Crippen LogP contribution is 2.10. The second kappa shape index (κ2) is 5.51. The minimum absolute atomic E-state index is 0.253. The molecule has 1 saturated heterocycles. The van der Waals surface area contributed by atoms with E-state index in [0.717, 1.165) is 32.7 Å². The molecule has 2 atom stereocenters. The van der Waals surface area contributed by atoms with E-state index in [-0.39, 0.29) is 6.10 Å². The van der Waals surface area contributed by atoms with Crippen LogP contribution in [0.25, 0.3) is 0 Å². The molecule has 2 unspecified atom stereocenters. The topological polar surface area (TPSA) is 30.5 Å². The van der Waals surface area contributed by atoms with Crippen LogP contribution in [-0.2, 0) is 9.47 Å². The van der Waals surface area contributed by atoms with Gasteiger partial charge in [-0.05, 0) is 19.9 Å². The third-order valence-corrected chi connectivity index (χ3v) is 2.21. The molecule has 1 N–H and O–H groups in total. The molecule has 72 valence electrons. The van der Waals surface area contributed by atoms with Crippen molar-refractivity contribution in [3.8, 4) is 0 Å². The van der Waals surface area contributed by atoms with Gasteiger partial charge in [-0.15, -0.1) is 0 Å². The van der Waals surface area contributed by atoms with Gasteiger partial charge in [0.05, 0.1) is 12.7 Å². The van der Waals surface area contributed by atoms with Crippen molar-refractivity contribution in [1.82, 2.24) is 5.32 Å². The Kier molecular flexibility index (Phi) is 4.58. The Hall–Kier alpha value is -0.120. The molecule has 0 spiro atoms. The zero-order valence-corrected chi connectivity index (χ0v) is 8.01. The first-order chi connectivity index (χ1) is 5.88. The van der Waals surface area contributed by atoms with Crippen LogP contribution in [-0.4, -0.2) is 39.0 Å². The summed E-state index contributed by atoms with van der Waals surface area (Å²) in [6, 6.07) is 0.477. The van der Waals surface area contributed by atoms with Crippen LogP contribution in [0.15, 0.2) is 0 Å². The van der Waals surface area contributed by atoms with Gasteiger partial charge in [-0.1, -0.05) is 6.92 Å². The second-order valence-electron chi connectivity index (χ2n) is 3.17. The van der Waals surface area contributed by atoms with Crippen LogP contribution in [0.5, 0.6) is 0 Å². The Morgan fingerprint density at radius 1 is 1.58 bits per heavy atom. The summed E-state index contributed by atoms with van der Waals surface area (Å²) in [4.78, 5) is 0. The maximum absolute atomic E-state index is 5.65. The fourth-order valence-corrected chi connectivity index (χ4v) is 1.48. The third-order valence-electron chi connectivity index (χ3n) is 2.21. The van der Waals surface area contributed by atoms with Crippen LogP contribution < -0.4 is 5.32 Å². The summed E-state index contributed by atoms with van der Waals surface area (Å²) in [5.74, 6) is 0. The normalized spacial score (nSPS) is 30.5. The van der Waals surface area contributed by atoms with Crippen molar-refractivity contribution in [2.24, 2.45) is 0 Å². The lowest BCUT2D eigenvalue weighted by atomic mass is 10.1. The molecule has 0 aromatic heterocycles. The molecule has 12 heavy (non-hydrogen) atoms. The predicted octanol–water partition coefficient (Wildman–Crippen LogP) is 0.790. The maximum atomic E-state index is 5.65. The quantitative estimate of drug-likeness (QED) is 0.682. The first-order valence-electron chi connectivity index (χ1n) is 4.75. The fraction of sp³-hybridized carbons (Fsp3) is 1.00. The molecule has 1 aliphatic heterocycles. The summed E-state index contributed by atoms with van der Waals surface area (Å²) in [5, 5.41) is 3.26. The molecule has 1 fully saturated rings. The molecular formula is C9H19NO2. The van der Waals surface area contributed by atoms with Crippen molar-refractivity contribution in [3.05, 3.63) is 0 Å². The van der Waals surface area contributed by atoms with Crippen LogP contribution >= 0.6 is 0 Å². The van der Waals surface area contributed by atoms with E-state index in [0.29, 0.717) is 6.04 Å². The highest BCUT2D eigenvalue weighted by molar-refractivity contribution is 4.78. The lowest BCUT2D eigenvalue weighted by Gasteiger charge is -2.31. The summed E-state index contributed by atoms with van der Waals surface area (Å²) in [5.41, 5.74) is 0. The van der Waals surface area contributed by atoms with Crippen molar-refractivity contribution >= 4 is 0 Å². The number of likely N-dealkylation sites (N-methyl/N-ethyl adjacent to an activating group) is 1. The predicted molar refractivity (Wildman–Crippen MR) is 48.3 cm³/mol. The van der Waals surface area contributed by atoms with Crippen molar-refractivity contribution in [1.29, 1.82) is 0 Å². The Bertz CT molecular complexity index is 119. The number of rotatable bonds is 4. The van der Waals surface area contributed by atoms with Gasteiger partial charge in [-0.25, -0.2) is 0 Å². The maximum Gasteiger partial charge on any atom is 0.0961 e. The van der Waals surface area contributed by atoms with Crippen molar-refractivity contribution in [2.75, 3.05) is 26.9 Å². The molecule has 0 aromatic carbocycles. The van der Waals surface area contributed by atoms with Crippen LogP contribution in [0.1, 0.15) is 19.8 Å². The van der Waals surface area contributed by atoms with Gasteiger partial charge in [-0.3, -0.25) is 0 Å². The number of hydrogen-bond acceptors (Lipinski definition) is 3. The summed E-state index contributed by atoms with van der Waals surface area (Å²) >= 11 is 0. The highest BCUT2D eigenvalue weighted by Gasteiger charge is 2.24. The minimum atomic E-state index is 0.253. The fourth-order valence-electron chi connectivity index (χ4n) is 1.48. The Morgan fingerprint density at radius 2 is 2.42 bits per heavy atom. The summed E-state index contributed by atoms with van der Waals surface area (Å²) in [7, 11) is 1.98. The first kappa shape index (κ1) is 9.96. The molecule has 1 aliphatic rings. The monoisotopic (exact) mass is 173 g/mol. The lowest BCUT2D eigenvalue weighted by Crippen LogP contribution is -2.46. The van der Waals surface area contributed by atoms with E-state index in [1.165, 1.54) is 0 Å². The summed E-state index contributed by atoms with van der Waals surface area (Å²) in [6.07, 6.45) is 2.39. The van der Waals surface area contributed by atoms with Crippen LogP contribution in [0.4, 0.5) is 0 Å². The highest BCUT2D eigenvalue weighted by atomic mass is 16.5. The first-order valence-corrected chi connectivity index (χ1v) is 4.75. The van der Waals surface area contributed by atoms with Crippen molar-refractivity contribution < 1.29 is 9.47 Å². The van der Waals surface area contributed by atoms with Crippen molar-refractivity contribution in [2.45, 2.75) is 31.9 Å². The number of ether oxygens (including phenoxy) is 2.